The molecule has 17 heavy (non-hydrogen) atoms. The van der Waals surface area contributed by atoms with Crippen molar-refractivity contribution in [2.75, 3.05) is 18.0 Å². The van der Waals surface area contributed by atoms with Crippen molar-refractivity contribution in [1.82, 2.24) is 0 Å². The molecule has 0 aromatic heterocycles. The largest absolute Gasteiger partial charge is 0.365 e. The Bertz CT molecular complexity index is 479. The first-order valence-electron chi connectivity index (χ1n) is 5.79. The van der Waals surface area contributed by atoms with Gasteiger partial charge in [-0.05, 0) is 38.5 Å². The van der Waals surface area contributed by atoms with Gasteiger partial charge in [0.2, 0.25) is 0 Å². The molecule has 90 valence electrons. The SMILES string of the molecule is CC(=O)c1ccc(N2CCC=C(C)C2)c(F)c1. The first kappa shape index (κ1) is 11.8. The van der Waals surface area contributed by atoms with Crippen LogP contribution in [-0.4, -0.2) is 18.9 Å². The molecule has 0 fully saturated rings. The summed E-state index contributed by atoms with van der Waals surface area (Å²) in [6, 6.07) is 4.71. The Morgan fingerprint density at radius 3 is 2.76 bits per heavy atom. The molecule has 1 aliphatic rings. The summed E-state index contributed by atoms with van der Waals surface area (Å²) < 4.78 is 13.9. The summed E-state index contributed by atoms with van der Waals surface area (Å²) in [7, 11) is 0. The normalized spacial score (nSPS) is 15.7. The number of carbonyl (C=O) groups is 1. The Kier molecular flexibility index (Phi) is 3.27. The number of hydrogen-bond donors (Lipinski definition) is 0. The maximum atomic E-state index is 13.9. The van der Waals surface area contributed by atoms with Gasteiger partial charge in [-0.1, -0.05) is 11.6 Å². The lowest BCUT2D eigenvalue weighted by molar-refractivity contribution is 0.101. The highest BCUT2D eigenvalue weighted by Crippen LogP contribution is 2.24. The molecule has 2 rings (SSSR count). The van der Waals surface area contributed by atoms with Crippen LogP contribution in [0.3, 0.4) is 0 Å². The summed E-state index contributed by atoms with van der Waals surface area (Å²) in [6.07, 6.45) is 3.12. The highest BCUT2D eigenvalue weighted by Gasteiger charge is 2.15. The molecule has 0 N–H and O–H groups in total. The monoisotopic (exact) mass is 233 g/mol. The fourth-order valence-corrected chi connectivity index (χ4v) is 2.10. The maximum absolute atomic E-state index is 13.9. The van der Waals surface area contributed by atoms with Crippen LogP contribution in [0.5, 0.6) is 0 Å². The Balaban J connectivity index is 2.28. The van der Waals surface area contributed by atoms with Gasteiger partial charge in [-0.2, -0.15) is 0 Å². The van der Waals surface area contributed by atoms with E-state index in [0.29, 0.717) is 11.3 Å². The van der Waals surface area contributed by atoms with Crippen molar-refractivity contribution >= 4 is 11.5 Å². The van der Waals surface area contributed by atoms with Crippen molar-refractivity contribution in [2.24, 2.45) is 0 Å². The predicted molar refractivity (Wildman–Crippen MR) is 67.0 cm³/mol. The van der Waals surface area contributed by atoms with Crippen molar-refractivity contribution in [2.45, 2.75) is 20.3 Å². The molecule has 1 aliphatic heterocycles. The van der Waals surface area contributed by atoms with Gasteiger partial charge in [-0.3, -0.25) is 4.79 Å². The maximum Gasteiger partial charge on any atom is 0.159 e. The summed E-state index contributed by atoms with van der Waals surface area (Å²) in [5.74, 6) is -0.419. The van der Waals surface area contributed by atoms with Crippen LogP contribution in [0, 0.1) is 5.82 Å². The van der Waals surface area contributed by atoms with Gasteiger partial charge in [-0.15, -0.1) is 0 Å². The van der Waals surface area contributed by atoms with Crippen LogP contribution in [0.2, 0.25) is 0 Å². The zero-order valence-corrected chi connectivity index (χ0v) is 10.2. The average molecular weight is 233 g/mol. The summed E-state index contributed by atoms with van der Waals surface area (Å²) in [4.78, 5) is 13.2. The zero-order chi connectivity index (χ0) is 12.4. The number of hydrogen-bond acceptors (Lipinski definition) is 2. The van der Waals surface area contributed by atoms with Gasteiger partial charge in [-0.25, -0.2) is 4.39 Å². The molecular weight excluding hydrogens is 217 g/mol. The Hall–Kier alpha value is -1.64. The van der Waals surface area contributed by atoms with E-state index in [4.69, 9.17) is 0 Å². The van der Waals surface area contributed by atoms with E-state index in [-0.39, 0.29) is 11.6 Å². The molecule has 0 saturated heterocycles. The third-order valence-corrected chi connectivity index (χ3v) is 3.03. The highest BCUT2D eigenvalue weighted by molar-refractivity contribution is 5.94. The van der Waals surface area contributed by atoms with Gasteiger partial charge < -0.3 is 4.90 Å². The van der Waals surface area contributed by atoms with Crippen molar-refractivity contribution < 1.29 is 9.18 Å². The quantitative estimate of drug-likeness (QED) is 0.577. The van der Waals surface area contributed by atoms with Crippen LogP contribution in [0.4, 0.5) is 10.1 Å². The molecule has 0 radical (unpaired) electrons. The van der Waals surface area contributed by atoms with Crippen LogP contribution in [0.25, 0.3) is 0 Å². The number of Topliss-reactive ketones (excluding diaryl/α,β-unsaturated/α-hetero) is 1. The number of benzene rings is 1. The van der Waals surface area contributed by atoms with Gasteiger partial charge in [0.25, 0.3) is 0 Å². The van der Waals surface area contributed by atoms with Gasteiger partial charge in [0.1, 0.15) is 5.82 Å². The summed E-state index contributed by atoms with van der Waals surface area (Å²) >= 11 is 0. The van der Waals surface area contributed by atoms with E-state index in [1.54, 1.807) is 12.1 Å². The first-order valence-corrected chi connectivity index (χ1v) is 5.79. The summed E-state index contributed by atoms with van der Waals surface area (Å²) in [6.45, 7) is 5.08. The lowest BCUT2D eigenvalue weighted by atomic mass is 10.1. The van der Waals surface area contributed by atoms with Crippen LogP contribution < -0.4 is 4.90 Å². The highest BCUT2D eigenvalue weighted by atomic mass is 19.1. The second-order valence-electron chi connectivity index (χ2n) is 4.48. The molecule has 1 aromatic rings. The number of halogens is 1. The molecule has 0 spiro atoms. The van der Waals surface area contributed by atoms with Crippen LogP contribution >= 0.6 is 0 Å². The molecule has 1 aromatic carbocycles. The minimum atomic E-state index is -0.313. The van der Waals surface area contributed by atoms with E-state index in [1.807, 2.05) is 11.8 Å². The van der Waals surface area contributed by atoms with Crippen LogP contribution in [-0.2, 0) is 0 Å². The third kappa shape index (κ3) is 2.54. The van der Waals surface area contributed by atoms with E-state index < -0.39 is 0 Å². The molecule has 0 atom stereocenters. The topological polar surface area (TPSA) is 20.3 Å². The standard InChI is InChI=1S/C14H16FNO/c1-10-4-3-7-16(9-10)14-6-5-12(11(2)17)8-13(14)15/h4-6,8H,3,7,9H2,1-2H3. The van der Waals surface area contributed by atoms with E-state index in [9.17, 15) is 9.18 Å². The molecule has 2 nitrogen and oxygen atoms in total. The van der Waals surface area contributed by atoms with Crippen LogP contribution in [0.15, 0.2) is 29.8 Å². The van der Waals surface area contributed by atoms with Gasteiger partial charge in [0.15, 0.2) is 5.78 Å². The zero-order valence-electron chi connectivity index (χ0n) is 10.2. The number of rotatable bonds is 2. The first-order chi connectivity index (χ1) is 8.08. The van der Waals surface area contributed by atoms with Gasteiger partial charge >= 0.3 is 0 Å². The van der Waals surface area contributed by atoms with Crippen molar-refractivity contribution in [3.63, 3.8) is 0 Å². The number of carbonyl (C=O) groups excluding carboxylic acids is 1. The van der Waals surface area contributed by atoms with E-state index >= 15 is 0 Å². The number of anilines is 1. The van der Waals surface area contributed by atoms with E-state index in [2.05, 4.69) is 6.08 Å². The minimum Gasteiger partial charge on any atom is -0.365 e. The molecule has 0 bridgehead atoms. The third-order valence-electron chi connectivity index (χ3n) is 3.03. The smallest absolute Gasteiger partial charge is 0.159 e. The summed E-state index contributed by atoms with van der Waals surface area (Å²) in [5.41, 5.74) is 2.27. The number of ketones is 1. The minimum absolute atomic E-state index is 0.106. The lowest BCUT2D eigenvalue weighted by Crippen LogP contribution is -2.29. The van der Waals surface area contributed by atoms with E-state index in [0.717, 1.165) is 19.5 Å². The fourth-order valence-electron chi connectivity index (χ4n) is 2.10. The molecule has 1 heterocycles. The Labute approximate surface area is 101 Å². The predicted octanol–water partition coefficient (Wildman–Crippen LogP) is 3.18. The molecular formula is C14H16FNO. The fraction of sp³-hybridized carbons (Fsp3) is 0.357. The van der Waals surface area contributed by atoms with Crippen LogP contribution in [0.1, 0.15) is 30.6 Å². The van der Waals surface area contributed by atoms with Crippen molar-refractivity contribution in [3.8, 4) is 0 Å². The molecule has 0 saturated carbocycles. The molecule has 0 aliphatic carbocycles. The van der Waals surface area contributed by atoms with Gasteiger partial charge in [0, 0.05) is 18.7 Å². The second-order valence-corrected chi connectivity index (χ2v) is 4.48. The molecule has 0 amide bonds. The average Bonchev–Trinajstić information content (AvgIpc) is 2.28. The second kappa shape index (κ2) is 4.70. The van der Waals surface area contributed by atoms with Crippen molar-refractivity contribution in [3.05, 3.63) is 41.2 Å². The Morgan fingerprint density at radius 1 is 1.41 bits per heavy atom. The molecule has 3 heteroatoms. The molecule has 0 unspecified atom stereocenters. The lowest BCUT2D eigenvalue weighted by Gasteiger charge is -2.28. The summed E-state index contributed by atoms with van der Waals surface area (Å²) in [5, 5.41) is 0. The Morgan fingerprint density at radius 2 is 2.18 bits per heavy atom. The van der Waals surface area contributed by atoms with Gasteiger partial charge in [0.05, 0.1) is 5.69 Å². The van der Waals surface area contributed by atoms with Crippen molar-refractivity contribution in [1.29, 1.82) is 0 Å². The van der Waals surface area contributed by atoms with E-state index in [1.165, 1.54) is 18.6 Å². The number of nitrogens with zero attached hydrogens (tertiary/aromatic N) is 1.